The van der Waals surface area contributed by atoms with Gasteiger partial charge in [0.1, 0.15) is 11.8 Å². The largest absolute Gasteiger partial charge is 0.271 e. The van der Waals surface area contributed by atoms with E-state index in [1.807, 2.05) is 0 Å². The van der Waals surface area contributed by atoms with E-state index in [9.17, 15) is 4.79 Å². The summed E-state index contributed by atoms with van der Waals surface area (Å²) in [5.74, 6) is -0.275. The number of hydrogen-bond donors (Lipinski definition) is 0. The lowest BCUT2D eigenvalue weighted by molar-refractivity contribution is -0.118. The van der Waals surface area contributed by atoms with Crippen molar-refractivity contribution in [2.75, 3.05) is 6.54 Å². The summed E-state index contributed by atoms with van der Waals surface area (Å²) < 4.78 is 0. The number of amidine groups is 2. The van der Waals surface area contributed by atoms with Gasteiger partial charge in [-0.3, -0.25) is 4.79 Å². The first-order chi connectivity index (χ1) is 6.72. The topological polar surface area (TPSA) is 57.4 Å². The minimum Gasteiger partial charge on any atom is -0.271 e. The summed E-state index contributed by atoms with van der Waals surface area (Å²) in [7, 11) is 0. The van der Waals surface area contributed by atoms with Gasteiger partial charge in [-0.2, -0.15) is 10.1 Å². The number of hydrogen-bond acceptors (Lipinski definition) is 4. The van der Waals surface area contributed by atoms with E-state index in [0.717, 1.165) is 0 Å². The summed E-state index contributed by atoms with van der Waals surface area (Å²) in [5.41, 5.74) is 0. The van der Waals surface area contributed by atoms with Gasteiger partial charge in [0.05, 0.1) is 6.54 Å². The molecule has 0 saturated heterocycles. The summed E-state index contributed by atoms with van der Waals surface area (Å²) in [6, 6.07) is 0. The average Bonchev–Trinajstić information content (AvgIpc) is 2.49. The smallest absolute Gasteiger partial charge is 0.264 e. The first kappa shape index (κ1) is 9.08. The molecule has 0 aromatic rings. The molecular weight excluding hydrogens is 204 g/mol. The molecule has 72 valence electrons. The second-order valence-electron chi connectivity index (χ2n) is 2.80. The zero-order chi connectivity index (χ0) is 10.1. The fourth-order valence-electron chi connectivity index (χ4n) is 1.28. The van der Waals surface area contributed by atoms with Crippen molar-refractivity contribution in [2.45, 2.75) is 0 Å². The molecule has 0 bridgehead atoms. The fourth-order valence-corrected chi connectivity index (χ4v) is 1.45. The Morgan fingerprint density at radius 2 is 2.43 bits per heavy atom. The van der Waals surface area contributed by atoms with Crippen molar-refractivity contribution in [3.8, 4) is 0 Å². The van der Waals surface area contributed by atoms with Gasteiger partial charge in [-0.1, -0.05) is 6.08 Å². The van der Waals surface area contributed by atoms with E-state index in [1.165, 1.54) is 6.21 Å². The highest BCUT2D eigenvalue weighted by molar-refractivity contribution is 6.67. The lowest BCUT2D eigenvalue weighted by atomic mass is 10.1. The van der Waals surface area contributed by atoms with Crippen LogP contribution in [0.4, 0.5) is 0 Å². The van der Waals surface area contributed by atoms with E-state index in [-0.39, 0.29) is 11.2 Å². The predicted molar refractivity (Wildman–Crippen MR) is 54.6 cm³/mol. The number of hydrazone groups is 1. The molecule has 0 spiro atoms. The van der Waals surface area contributed by atoms with Gasteiger partial charge in [0, 0.05) is 6.21 Å². The summed E-state index contributed by atoms with van der Waals surface area (Å²) in [6.45, 7) is 4.08. The molecule has 0 radical (unpaired) electrons. The zero-order valence-corrected chi connectivity index (χ0v) is 7.98. The Kier molecular flexibility index (Phi) is 2.17. The van der Waals surface area contributed by atoms with E-state index in [4.69, 9.17) is 11.6 Å². The molecule has 14 heavy (non-hydrogen) atoms. The molecule has 0 aromatic heterocycles. The van der Waals surface area contributed by atoms with Crippen LogP contribution >= 0.6 is 11.6 Å². The number of carbonyl (C=O) groups is 1. The second kappa shape index (κ2) is 3.34. The Labute approximate surface area is 85.5 Å². The van der Waals surface area contributed by atoms with Crippen LogP contribution in [0.25, 0.3) is 0 Å². The van der Waals surface area contributed by atoms with Crippen LogP contribution in [0.2, 0.25) is 0 Å². The highest BCUT2D eigenvalue weighted by atomic mass is 35.5. The number of rotatable bonds is 2. The van der Waals surface area contributed by atoms with Gasteiger partial charge in [0.15, 0.2) is 0 Å². The molecule has 0 aromatic carbocycles. The maximum absolute atomic E-state index is 11.3. The Bertz CT molecular complexity index is 385. The second-order valence-corrected chi connectivity index (χ2v) is 3.14. The third-order valence-corrected chi connectivity index (χ3v) is 2.04. The van der Waals surface area contributed by atoms with Crippen molar-refractivity contribution >= 4 is 34.9 Å². The predicted octanol–water partition coefficient (Wildman–Crippen LogP) is 0.623. The highest BCUT2D eigenvalue weighted by Gasteiger charge is 2.34. The van der Waals surface area contributed by atoms with E-state index < -0.39 is 5.92 Å². The third-order valence-electron chi connectivity index (χ3n) is 1.88. The number of carbonyl (C=O) groups excluding carboxylic acids is 1. The van der Waals surface area contributed by atoms with Crippen LogP contribution in [-0.2, 0) is 4.79 Å². The molecule has 0 N–H and O–H groups in total. The lowest BCUT2D eigenvalue weighted by Gasteiger charge is -2.17. The Balaban J connectivity index is 2.31. The van der Waals surface area contributed by atoms with E-state index >= 15 is 0 Å². The lowest BCUT2D eigenvalue weighted by Crippen LogP contribution is -2.33. The normalized spacial score (nSPS) is 24.5. The third kappa shape index (κ3) is 1.35. The highest BCUT2D eigenvalue weighted by Crippen LogP contribution is 2.18. The molecule has 0 fully saturated rings. The van der Waals surface area contributed by atoms with Crippen LogP contribution in [-0.4, -0.2) is 34.8 Å². The standard InChI is InChI=1S/C8H7ClN4O/c1-2-3-13-6-5(4-10-13)7(14)12-8(9)11-6/h2,4-5H,1,3H2. The van der Waals surface area contributed by atoms with Crippen LogP contribution in [0.15, 0.2) is 27.7 Å². The van der Waals surface area contributed by atoms with Crippen LogP contribution in [0.1, 0.15) is 0 Å². The minimum atomic E-state index is -0.475. The molecule has 1 unspecified atom stereocenters. The van der Waals surface area contributed by atoms with Crippen LogP contribution in [0.5, 0.6) is 0 Å². The van der Waals surface area contributed by atoms with E-state index in [2.05, 4.69) is 21.7 Å². The monoisotopic (exact) mass is 210 g/mol. The number of nitrogens with zero attached hydrogens (tertiary/aromatic N) is 4. The van der Waals surface area contributed by atoms with Crippen LogP contribution in [0.3, 0.4) is 0 Å². The number of aliphatic imine (C=N–C) groups is 2. The van der Waals surface area contributed by atoms with Gasteiger partial charge in [0.25, 0.3) is 5.91 Å². The van der Waals surface area contributed by atoms with Crippen molar-refractivity contribution in [3.63, 3.8) is 0 Å². The van der Waals surface area contributed by atoms with Crippen LogP contribution < -0.4 is 0 Å². The molecule has 0 aliphatic carbocycles. The maximum atomic E-state index is 11.3. The van der Waals surface area contributed by atoms with Crippen molar-refractivity contribution in [3.05, 3.63) is 12.7 Å². The van der Waals surface area contributed by atoms with E-state index in [0.29, 0.717) is 12.4 Å². The molecule has 6 heteroatoms. The molecule has 1 atom stereocenters. The first-order valence-electron chi connectivity index (χ1n) is 4.01. The SMILES string of the molecule is C=CCN1N=CC2C(=O)N=C(Cl)N=C21. The van der Waals surface area contributed by atoms with Crippen molar-refractivity contribution < 1.29 is 4.79 Å². The molecule has 5 nitrogen and oxygen atoms in total. The minimum absolute atomic E-state index is 0.0409. The van der Waals surface area contributed by atoms with Gasteiger partial charge >= 0.3 is 0 Å². The van der Waals surface area contributed by atoms with Crippen molar-refractivity contribution in [1.82, 2.24) is 5.01 Å². The Hall–Kier alpha value is -1.49. The summed E-state index contributed by atoms with van der Waals surface area (Å²) in [5, 5.41) is 5.54. The molecule has 2 aliphatic heterocycles. The zero-order valence-electron chi connectivity index (χ0n) is 7.22. The van der Waals surface area contributed by atoms with Gasteiger partial charge < -0.3 is 0 Å². The maximum Gasteiger partial charge on any atom is 0.264 e. The molecule has 2 rings (SSSR count). The number of halogens is 1. The summed E-state index contributed by atoms with van der Waals surface area (Å²) in [6.07, 6.45) is 3.18. The van der Waals surface area contributed by atoms with Gasteiger partial charge in [0.2, 0.25) is 5.29 Å². The molecular formula is C8H7ClN4O. The number of amides is 1. The molecule has 1 amide bonds. The van der Waals surface area contributed by atoms with Gasteiger partial charge in [-0.05, 0) is 11.6 Å². The first-order valence-corrected chi connectivity index (χ1v) is 4.39. The summed E-state index contributed by atoms with van der Waals surface area (Å²) >= 11 is 5.58. The summed E-state index contributed by atoms with van der Waals surface area (Å²) in [4.78, 5) is 18.8. The Morgan fingerprint density at radius 1 is 1.64 bits per heavy atom. The average molecular weight is 211 g/mol. The van der Waals surface area contributed by atoms with Gasteiger partial charge in [-0.25, -0.2) is 10.0 Å². The quantitative estimate of drug-likeness (QED) is 0.496. The molecule has 2 aliphatic rings. The fraction of sp³-hybridized carbons (Fsp3) is 0.250. The molecule has 2 heterocycles. The Morgan fingerprint density at radius 3 is 3.14 bits per heavy atom. The van der Waals surface area contributed by atoms with Crippen molar-refractivity contribution in [2.24, 2.45) is 21.0 Å². The molecule has 0 saturated carbocycles. The number of fused-ring (bicyclic) bond motifs is 1. The van der Waals surface area contributed by atoms with Gasteiger partial charge in [-0.15, -0.1) is 6.58 Å². The van der Waals surface area contributed by atoms with Crippen molar-refractivity contribution in [1.29, 1.82) is 0 Å². The van der Waals surface area contributed by atoms with Crippen LogP contribution in [0, 0.1) is 5.92 Å². The van der Waals surface area contributed by atoms with E-state index in [1.54, 1.807) is 11.1 Å².